The summed E-state index contributed by atoms with van der Waals surface area (Å²) < 4.78 is 5.15. The molecule has 1 unspecified atom stereocenters. The number of anilines is 1. The van der Waals surface area contributed by atoms with Crippen LogP contribution in [0.1, 0.15) is 22.3 Å². The Balaban J connectivity index is 2.25. The number of hydrogen-bond acceptors (Lipinski definition) is 4. The molecule has 0 bridgehead atoms. The Morgan fingerprint density at radius 2 is 2.35 bits per heavy atom. The maximum atomic E-state index is 12.9. The van der Waals surface area contributed by atoms with Crippen LogP contribution < -0.4 is 5.73 Å². The zero-order valence-electron chi connectivity index (χ0n) is 12.1. The molecule has 0 radical (unpaired) electrons. The van der Waals surface area contributed by atoms with Crippen molar-refractivity contribution < 1.29 is 9.53 Å². The van der Waals surface area contributed by atoms with Gasteiger partial charge in [-0.1, -0.05) is 12.1 Å². The number of nitrogens with two attached hydrogens (primary N) is 1. The van der Waals surface area contributed by atoms with E-state index in [9.17, 15) is 4.79 Å². The zero-order valence-corrected chi connectivity index (χ0v) is 12.9. The fourth-order valence-electron chi connectivity index (χ4n) is 2.53. The first-order valence-electron chi connectivity index (χ1n) is 6.88. The zero-order chi connectivity index (χ0) is 14.5. The van der Waals surface area contributed by atoms with Crippen LogP contribution in [0, 0.1) is 6.92 Å². The van der Waals surface area contributed by atoms with Crippen molar-refractivity contribution in [1.82, 2.24) is 4.90 Å². The molecule has 1 aromatic rings. The molecule has 1 atom stereocenters. The smallest absolute Gasteiger partial charge is 0.256 e. The molecule has 0 aromatic heterocycles. The van der Waals surface area contributed by atoms with Gasteiger partial charge in [0.15, 0.2) is 0 Å². The lowest BCUT2D eigenvalue weighted by Crippen LogP contribution is -2.43. The number of ether oxygens (including phenoxy) is 1. The molecule has 1 heterocycles. The van der Waals surface area contributed by atoms with Gasteiger partial charge in [0.25, 0.3) is 5.91 Å². The van der Waals surface area contributed by atoms with Gasteiger partial charge in [0.05, 0.1) is 12.2 Å². The molecule has 2 N–H and O–H groups in total. The van der Waals surface area contributed by atoms with Crippen molar-refractivity contribution in [2.45, 2.75) is 19.4 Å². The van der Waals surface area contributed by atoms with Crippen molar-refractivity contribution in [3.63, 3.8) is 0 Å². The standard InChI is InChI=1S/C15H22N2O2S/c1-11-4-3-5-13(16)14(11)15(18)17(7-8-19-2)12-6-9-20-10-12/h3-5,12H,6-10,16H2,1-2H3. The van der Waals surface area contributed by atoms with Crippen molar-refractivity contribution >= 4 is 23.4 Å². The highest BCUT2D eigenvalue weighted by Gasteiger charge is 2.29. The normalized spacial score (nSPS) is 18.2. The highest BCUT2D eigenvalue weighted by atomic mass is 32.2. The lowest BCUT2D eigenvalue weighted by atomic mass is 10.0. The van der Waals surface area contributed by atoms with E-state index in [4.69, 9.17) is 10.5 Å². The first kappa shape index (κ1) is 15.2. The number of carbonyl (C=O) groups is 1. The number of amides is 1. The molecule has 4 nitrogen and oxygen atoms in total. The summed E-state index contributed by atoms with van der Waals surface area (Å²) in [6, 6.07) is 5.90. The molecule has 1 saturated heterocycles. The van der Waals surface area contributed by atoms with Gasteiger partial charge in [0.1, 0.15) is 0 Å². The van der Waals surface area contributed by atoms with Crippen LogP contribution in [0.3, 0.4) is 0 Å². The Morgan fingerprint density at radius 1 is 1.55 bits per heavy atom. The van der Waals surface area contributed by atoms with E-state index >= 15 is 0 Å². The highest BCUT2D eigenvalue weighted by Crippen LogP contribution is 2.26. The lowest BCUT2D eigenvalue weighted by molar-refractivity contribution is 0.0625. The van der Waals surface area contributed by atoms with Gasteiger partial charge in [-0.05, 0) is 30.7 Å². The van der Waals surface area contributed by atoms with Gasteiger partial charge in [-0.15, -0.1) is 0 Å². The molecule has 0 spiro atoms. The molecular weight excluding hydrogens is 272 g/mol. The Hall–Kier alpha value is -1.20. The van der Waals surface area contributed by atoms with E-state index in [1.807, 2.05) is 35.7 Å². The van der Waals surface area contributed by atoms with E-state index in [0.29, 0.717) is 30.4 Å². The van der Waals surface area contributed by atoms with Crippen LogP contribution >= 0.6 is 11.8 Å². The molecule has 1 aromatic carbocycles. The molecule has 110 valence electrons. The van der Waals surface area contributed by atoms with Gasteiger partial charge < -0.3 is 15.4 Å². The van der Waals surface area contributed by atoms with E-state index in [-0.39, 0.29) is 5.91 Å². The minimum absolute atomic E-state index is 0.0325. The number of methoxy groups -OCH3 is 1. The van der Waals surface area contributed by atoms with E-state index in [1.54, 1.807) is 13.2 Å². The second-order valence-corrected chi connectivity index (χ2v) is 6.20. The van der Waals surface area contributed by atoms with Gasteiger partial charge >= 0.3 is 0 Å². The highest BCUT2D eigenvalue weighted by molar-refractivity contribution is 7.99. The molecule has 1 aliphatic rings. The van der Waals surface area contributed by atoms with Crippen molar-refractivity contribution in [2.75, 3.05) is 37.5 Å². The van der Waals surface area contributed by atoms with Crippen LogP contribution in [0.15, 0.2) is 18.2 Å². The fraction of sp³-hybridized carbons (Fsp3) is 0.533. The van der Waals surface area contributed by atoms with Gasteiger partial charge in [0.2, 0.25) is 0 Å². The minimum atomic E-state index is 0.0325. The maximum absolute atomic E-state index is 12.9. The predicted molar refractivity (Wildman–Crippen MR) is 84.2 cm³/mol. The average Bonchev–Trinajstić information content (AvgIpc) is 2.93. The molecule has 20 heavy (non-hydrogen) atoms. The molecule has 1 aliphatic heterocycles. The summed E-state index contributed by atoms with van der Waals surface area (Å²) in [6.07, 6.45) is 1.05. The van der Waals surface area contributed by atoms with Gasteiger partial charge in [-0.25, -0.2) is 0 Å². The number of aryl methyl sites for hydroxylation is 1. The van der Waals surface area contributed by atoms with Gasteiger partial charge in [0, 0.05) is 31.1 Å². The van der Waals surface area contributed by atoms with E-state index < -0.39 is 0 Å². The Morgan fingerprint density at radius 3 is 2.95 bits per heavy atom. The third-order valence-electron chi connectivity index (χ3n) is 3.66. The molecule has 1 amide bonds. The summed E-state index contributed by atoms with van der Waals surface area (Å²) >= 11 is 1.90. The third kappa shape index (κ3) is 3.27. The number of carbonyl (C=O) groups excluding carboxylic acids is 1. The average molecular weight is 294 g/mol. The molecular formula is C15H22N2O2S. The monoisotopic (exact) mass is 294 g/mol. The second kappa shape index (κ2) is 6.99. The number of hydrogen-bond donors (Lipinski definition) is 1. The van der Waals surface area contributed by atoms with Crippen LogP contribution in [-0.4, -0.2) is 48.6 Å². The molecule has 1 fully saturated rings. The van der Waals surface area contributed by atoms with E-state index in [2.05, 4.69) is 0 Å². The fourth-order valence-corrected chi connectivity index (χ4v) is 3.76. The number of thioether (sulfide) groups is 1. The number of nitrogen functional groups attached to an aromatic ring is 1. The summed E-state index contributed by atoms with van der Waals surface area (Å²) in [4.78, 5) is 14.8. The summed E-state index contributed by atoms with van der Waals surface area (Å²) in [5.41, 5.74) is 8.13. The number of benzene rings is 1. The summed E-state index contributed by atoms with van der Waals surface area (Å²) in [5.74, 6) is 2.15. The molecule has 5 heteroatoms. The summed E-state index contributed by atoms with van der Waals surface area (Å²) in [7, 11) is 1.66. The molecule has 0 aliphatic carbocycles. The summed E-state index contributed by atoms with van der Waals surface area (Å²) in [5, 5.41) is 0. The topological polar surface area (TPSA) is 55.6 Å². The van der Waals surface area contributed by atoms with Crippen LogP contribution in [0.5, 0.6) is 0 Å². The predicted octanol–water partition coefficient (Wildman–Crippen LogP) is 2.17. The molecule has 0 saturated carbocycles. The van der Waals surface area contributed by atoms with E-state index in [0.717, 1.165) is 23.5 Å². The van der Waals surface area contributed by atoms with Crippen LogP contribution in [0.25, 0.3) is 0 Å². The van der Waals surface area contributed by atoms with Gasteiger partial charge in [-0.3, -0.25) is 4.79 Å². The first-order valence-corrected chi connectivity index (χ1v) is 8.03. The maximum Gasteiger partial charge on any atom is 0.256 e. The van der Waals surface area contributed by atoms with E-state index in [1.165, 1.54) is 0 Å². The van der Waals surface area contributed by atoms with Crippen molar-refractivity contribution in [3.05, 3.63) is 29.3 Å². The van der Waals surface area contributed by atoms with Gasteiger partial charge in [-0.2, -0.15) is 11.8 Å². The SMILES string of the molecule is COCCN(C(=O)c1c(C)cccc1N)C1CCSC1. The Kier molecular flexibility index (Phi) is 5.31. The quantitative estimate of drug-likeness (QED) is 0.846. The van der Waals surface area contributed by atoms with Crippen LogP contribution in [0.4, 0.5) is 5.69 Å². The molecule has 2 rings (SSSR count). The van der Waals surface area contributed by atoms with Crippen LogP contribution in [0.2, 0.25) is 0 Å². The Labute approximate surface area is 124 Å². The van der Waals surface area contributed by atoms with Crippen LogP contribution in [-0.2, 0) is 4.74 Å². The lowest BCUT2D eigenvalue weighted by Gasteiger charge is -2.29. The second-order valence-electron chi connectivity index (χ2n) is 5.05. The Bertz CT molecular complexity index is 453. The number of rotatable bonds is 5. The summed E-state index contributed by atoms with van der Waals surface area (Å²) in [6.45, 7) is 3.11. The van der Waals surface area contributed by atoms with Crippen molar-refractivity contribution in [2.24, 2.45) is 0 Å². The largest absolute Gasteiger partial charge is 0.398 e. The number of nitrogens with zero attached hydrogens (tertiary/aromatic N) is 1. The third-order valence-corrected chi connectivity index (χ3v) is 4.81. The van der Waals surface area contributed by atoms with Crippen molar-refractivity contribution in [1.29, 1.82) is 0 Å². The minimum Gasteiger partial charge on any atom is -0.398 e. The first-order chi connectivity index (χ1) is 9.65. The van der Waals surface area contributed by atoms with Crippen molar-refractivity contribution in [3.8, 4) is 0 Å².